The number of amides is 2. The summed E-state index contributed by atoms with van der Waals surface area (Å²) >= 11 is 0. The number of hydrogen-bond acceptors (Lipinski definition) is 5. The highest BCUT2D eigenvalue weighted by molar-refractivity contribution is 5.92. The topological polar surface area (TPSA) is 84.4 Å². The van der Waals surface area contributed by atoms with Crippen molar-refractivity contribution >= 4 is 11.8 Å². The summed E-state index contributed by atoms with van der Waals surface area (Å²) < 4.78 is 6.39. The number of para-hydroxylation sites is 1. The average Bonchev–Trinajstić information content (AvgIpc) is 2.69. The predicted octanol–water partition coefficient (Wildman–Crippen LogP) is 2.11. The fraction of sp³-hybridized carbons (Fsp3) is 0.400. The fourth-order valence-corrected chi connectivity index (χ4v) is 3.93. The van der Waals surface area contributed by atoms with Crippen LogP contribution in [0, 0.1) is 0 Å². The highest BCUT2D eigenvalue weighted by atomic mass is 16.5. The first kappa shape index (κ1) is 17.5. The van der Waals surface area contributed by atoms with Gasteiger partial charge >= 0.3 is 0 Å². The Hall–Kier alpha value is -2.96. The highest BCUT2D eigenvalue weighted by Crippen LogP contribution is 2.44. The first-order valence-electron chi connectivity index (χ1n) is 9.17. The standard InChI is InChI=1S/C20H22N4O3/c1-14(25)24-10-6-20(7-11-24)12-16(15-4-2-3-5-18(15)27-20)23-19(26)17-13-21-8-9-22-17/h2-5,8-9,13,16H,6-7,10-12H2,1H3,(H,23,26)/t16-/m0/s1. The summed E-state index contributed by atoms with van der Waals surface area (Å²) in [6.07, 6.45) is 6.67. The fourth-order valence-electron chi connectivity index (χ4n) is 3.93. The zero-order valence-electron chi connectivity index (χ0n) is 15.2. The van der Waals surface area contributed by atoms with Crippen molar-refractivity contribution in [2.45, 2.75) is 37.8 Å². The lowest BCUT2D eigenvalue weighted by Crippen LogP contribution is -2.53. The Morgan fingerprint density at radius 2 is 2.00 bits per heavy atom. The summed E-state index contributed by atoms with van der Waals surface area (Å²) in [6.45, 7) is 2.93. The summed E-state index contributed by atoms with van der Waals surface area (Å²) in [7, 11) is 0. The smallest absolute Gasteiger partial charge is 0.271 e. The van der Waals surface area contributed by atoms with Gasteiger partial charge in [-0.25, -0.2) is 4.98 Å². The molecule has 0 unspecified atom stereocenters. The van der Waals surface area contributed by atoms with Crippen molar-refractivity contribution in [3.63, 3.8) is 0 Å². The van der Waals surface area contributed by atoms with Gasteiger partial charge in [0.15, 0.2) is 0 Å². The Labute approximate surface area is 157 Å². The van der Waals surface area contributed by atoms with Gasteiger partial charge in [0.2, 0.25) is 5.91 Å². The zero-order valence-corrected chi connectivity index (χ0v) is 15.2. The maximum atomic E-state index is 12.6. The number of nitrogens with one attached hydrogen (secondary N) is 1. The van der Waals surface area contributed by atoms with Gasteiger partial charge in [0, 0.05) is 57.2 Å². The molecule has 1 aromatic carbocycles. The SMILES string of the molecule is CC(=O)N1CCC2(CC1)C[C@H](NC(=O)c1cnccn1)c1ccccc1O2. The number of carbonyl (C=O) groups excluding carboxylic acids is 2. The number of fused-ring (bicyclic) bond motifs is 1. The van der Waals surface area contributed by atoms with E-state index in [4.69, 9.17) is 4.74 Å². The molecule has 1 aromatic heterocycles. The van der Waals surface area contributed by atoms with Gasteiger partial charge in [-0.05, 0) is 6.07 Å². The third kappa shape index (κ3) is 3.49. The van der Waals surface area contributed by atoms with Gasteiger partial charge in [0.05, 0.1) is 12.2 Å². The number of nitrogens with zero attached hydrogens (tertiary/aromatic N) is 3. The molecule has 1 saturated heterocycles. The molecule has 7 nitrogen and oxygen atoms in total. The molecule has 4 rings (SSSR count). The molecule has 2 amide bonds. The summed E-state index contributed by atoms with van der Waals surface area (Å²) in [5.74, 6) is 0.638. The lowest BCUT2D eigenvalue weighted by molar-refractivity contribution is -0.132. The second kappa shape index (κ2) is 6.98. The van der Waals surface area contributed by atoms with E-state index in [1.165, 1.54) is 12.4 Å². The summed E-state index contributed by atoms with van der Waals surface area (Å²) in [6, 6.07) is 7.63. The van der Waals surface area contributed by atoms with Gasteiger partial charge in [0.1, 0.15) is 17.0 Å². The molecule has 7 heteroatoms. The van der Waals surface area contributed by atoms with Gasteiger partial charge in [0.25, 0.3) is 5.91 Å². The van der Waals surface area contributed by atoms with Crippen molar-refractivity contribution in [2.75, 3.05) is 13.1 Å². The van der Waals surface area contributed by atoms with Crippen LogP contribution in [0.5, 0.6) is 5.75 Å². The highest BCUT2D eigenvalue weighted by Gasteiger charge is 2.44. The van der Waals surface area contributed by atoms with Crippen LogP contribution in [0.15, 0.2) is 42.9 Å². The maximum Gasteiger partial charge on any atom is 0.271 e. The van der Waals surface area contributed by atoms with E-state index in [1.807, 2.05) is 29.2 Å². The Kier molecular flexibility index (Phi) is 4.51. The lowest BCUT2D eigenvalue weighted by atomic mass is 9.80. The average molecular weight is 366 g/mol. The normalized spacial score (nSPS) is 20.5. The van der Waals surface area contributed by atoms with Crippen LogP contribution in [-0.2, 0) is 4.79 Å². The van der Waals surface area contributed by atoms with E-state index in [1.54, 1.807) is 13.1 Å². The third-order valence-electron chi connectivity index (χ3n) is 5.42. The summed E-state index contributed by atoms with van der Waals surface area (Å²) in [4.78, 5) is 34.2. The number of benzene rings is 1. The van der Waals surface area contributed by atoms with Crippen LogP contribution in [0.4, 0.5) is 0 Å². The Morgan fingerprint density at radius 1 is 1.22 bits per heavy atom. The summed E-state index contributed by atoms with van der Waals surface area (Å²) in [5, 5.41) is 3.09. The molecule has 0 saturated carbocycles. The lowest BCUT2D eigenvalue weighted by Gasteiger charge is -2.46. The molecule has 27 heavy (non-hydrogen) atoms. The minimum Gasteiger partial charge on any atom is -0.487 e. The molecule has 2 aliphatic heterocycles. The Balaban J connectivity index is 1.57. The number of carbonyl (C=O) groups is 2. The second-order valence-corrected chi connectivity index (χ2v) is 7.15. The van der Waals surface area contributed by atoms with E-state index in [9.17, 15) is 9.59 Å². The molecule has 0 aliphatic carbocycles. The quantitative estimate of drug-likeness (QED) is 0.880. The van der Waals surface area contributed by atoms with Crippen LogP contribution in [0.1, 0.15) is 48.3 Å². The van der Waals surface area contributed by atoms with Crippen LogP contribution in [0.25, 0.3) is 0 Å². The number of rotatable bonds is 2. The number of hydrogen-bond donors (Lipinski definition) is 1. The molecule has 0 radical (unpaired) electrons. The van der Waals surface area contributed by atoms with Gasteiger partial charge in [-0.1, -0.05) is 18.2 Å². The van der Waals surface area contributed by atoms with Crippen molar-refractivity contribution in [2.24, 2.45) is 0 Å². The molecule has 1 spiro atoms. The minimum absolute atomic E-state index is 0.0913. The van der Waals surface area contributed by atoms with Crippen LogP contribution in [0.3, 0.4) is 0 Å². The van der Waals surface area contributed by atoms with Crippen LogP contribution in [0.2, 0.25) is 0 Å². The van der Waals surface area contributed by atoms with Crippen molar-refractivity contribution < 1.29 is 14.3 Å². The third-order valence-corrected chi connectivity index (χ3v) is 5.42. The number of likely N-dealkylation sites (tertiary alicyclic amines) is 1. The molecule has 0 bridgehead atoms. The molecule has 1 N–H and O–H groups in total. The van der Waals surface area contributed by atoms with Crippen molar-refractivity contribution in [1.29, 1.82) is 0 Å². The monoisotopic (exact) mass is 366 g/mol. The van der Waals surface area contributed by atoms with Crippen molar-refractivity contribution in [3.8, 4) is 5.75 Å². The van der Waals surface area contributed by atoms with Gasteiger partial charge in [-0.15, -0.1) is 0 Å². The molecule has 2 aromatic rings. The van der Waals surface area contributed by atoms with Crippen LogP contribution in [-0.4, -0.2) is 45.4 Å². The van der Waals surface area contributed by atoms with Crippen molar-refractivity contribution in [3.05, 3.63) is 54.1 Å². The minimum atomic E-state index is -0.374. The largest absolute Gasteiger partial charge is 0.487 e. The summed E-state index contributed by atoms with van der Waals surface area (Å²) in [5.41, 5.74) is 0.886. The van der Waals surface area contributed by atoms with E-state index >= 15 is 0 Å². The molecule has 2 aliphatic rings. The van der Waals surface area contributed by atoms with Gasteiger partial charge < -0.3 is 15.0 Å². The van der Waals surface area contributed by atoms with Crippen molar-refractivity contribution in [1.82, 2.24) is 20.2 Å². The van der Waals surface area contributed by atoms with E-state index in [0.717, 1.165) is 24.2 Å². The molecule has 3 heterocycles. The zero-order chi connectivity index (χ0) is 18.9. The number of piperidine rings is 1. The number of aromatic nitrogens is 2. The molecular formula is C20H22N4O3. The van der Waals surface area contributed by atoms with E-state index in [0.29, 0.717) is 25.2 Å². The molecule has 140 valence electrons. The van der Waals surface area contributed by atoms with Crippen LogP contribution >= 0.6 is 0 Å². The van der Waals surface area contributed by atoms with Gasteiger partial charge in [-0.2, -0.15) is 0 Å². The Bertz CT molecular complexity index is 847. The molecule has 1 atom stereocenters. The van der Waals surface area contributed by atoms with E-state index < -0.39 is 0 Å². The van der Waals surface area contributed by atoms with E-state index in [-0.39, 0.29) is 23.5 Å². The molecular weight excluding hydrogens is 344 g/mol. The first-order valence-corrected chi connectivity index (χ1v) is 9.17. The number of ether oxygens (including phenoxy) is 1. The maximum absolute atomic E-state index is 12.6. The second-order valence-electron chi connectivity index (χ2n) is 7.15. The first-order chi connectivity index (χ1) is 13.1. The predicted molar refractivity (Wildman–Crippen MR) is 98.1 cm³/mol. The Morgan fingerprint density at radius 3 is 2.70 bits per heavy atom. The molecule has 1 fully saturated rings. The van der Waals surface area contributed by atoms with E-state index in [2.05, 4.69) is 15.3 Å². The van der Waals surface area contributed by atoms with Gasteiger partial charge in [-0.3, -0.25) is 14.6 Å². The van der Waals surface area contributed by atoms with Crippen LogP contribution < -0.4 is 10.1 Å².